The van der Waals surface area contributed by atoms with Crippen LogP contribution < -0.4 is 10.5 Å². The fourth-order valence-electron chi connectivity index (χ4n) is 1.74. The lowest BCUT2D eigenvalue weighted by Gasteiger charge is -2.10. The molecule has 2 N–H and O–H groups in total. The Labute approximate surface area is 111 Å². The van der Waals surface area contributed by atoms with Gasteiger partial charge >= 0.3 is 0 Å². The van der Waals surface area contributed by atoms with Gasteiger partial charge in [0.25, 0.3) is 0 Å². The van der Waals surface area contributed by atoms with Gasteiger partial charge in [0.05, 0.1) is 6.61 Å². The number of hydrogen-bond donors (Lipinski definition) is 1. The van der Waals surface area contributed by atoms with Crippen molar-refractivity contribution in [3.05, 3.63) is 47.0 Å². The molecule has 0 bridgehead atoms. The van der Waals surface area contributed by atoms with Gasteiger partial charge in [0.2, 0.25) is 0 Å². The number of hydrogen-bond acceptors (Lipinski definition) is 3. The summed E-state index contributed by atoms with van der Waals surface area (Å²) >= 11 is 5.91. The molecule has 1 aromatic carbocycles. The molecule has 0 amide bonds. The Morgan fingerprint density at radius 1 is 1.44 bits per heavy atom. The van der Waals surface area contributed by atoms with E-state index in [1.807, 2.05) is 29.9 Å². The van der Waals surface area contributed by atoms with Crippen LogP contribution in [0, 0.1) is 0 Å². The molecule has 96 valence electrons. The molecule has 0 radical (unpaired) electrons. The molecule has 2 rings (SSSR count). The quantitative estimate of drug-likeness (QED) is 0.901. The first-order valence-electron chi connectivity index (χ1n) is 5.78. The summed E-state index contributed by atoms with van der Waals surface area (Å²) in [6, 6.07) is 5.48. The Kier molecular flexibility index (Phi) is 4.23. The van der Waals surface area contributed by atoms with E-state index in [2.05, 4.69) is 4.98 Å². The van der Waals surface area contributed by atoms with Gasteiger partial charge in [-0.2, -0.15) is 0 Å². The number of aryl methyl sites for hydroxylation is 1. The molecule has 0 aliphatic carbocycles. The molecule has 18 heavy (non-hydrogen) atoms. The molecule has 1 heterocycles. The highest BCUT2D eigenvalue weighted by atomic mass is 35.5. The van der Waals surface area contributed by atoms with Crippen LogP contribution >= 0.6 is 11.6 Å². The Morgan fingerprint density at radius 3 is 2.94 bits per heavy atom. The Balaban J connectivity index is 1.96. The third-order valence-electron chi connectivity index (χ3n) is 2.75. The van der Waals surface area contributed by atoms with Crippen molar-refractivity contribution in [1.82, 2.24) is 9.55 Å². The van der Waals surface area contributed by atoms with E-state index in [4.69, 9.17) is 22.1 Å². The second-order valence-electron chi connectivity index (χ2n) is 4.01. The zero-order valence-corrected chi connectivity index (χ0v) is 11.0. The van der Waals surface area contributed by atoms with E-state index in [1.54, 1.807) is 12.3 Å². The molecular formula is C13H16ClN3O. The maximum atomic E-state index is 5.91. The largest absolute Gasteiger partial charge is 0.493 e. The molecule has 5 heteroatoms. The fourth-order valence-corrected chi connectivity index (χ4v) is 1.93. The topological polar surface area (TPSA) is 53.1 Å². The second-order valence-corrected chi connectivity index (χ2v) is 4.45. The van der Waals surface area contributed by atoms with Crippen LogP contribution in [-0.2, 0) is 20.0 Å². The lowest BCUT2D eigenvalue weighted by atomic mass is 10.2. The molecular weight excluding hydrogens is 250 g/mol. The maximum Gasteiger partial charge on any atom is 0.123 e. The van der Waals surface area contributed by atoms with Crippen LogP contribution in [0.5, 0.6) is 5.75 Å². The minimum absolute atomic E-state index is 0.415. The minimum Gasteiger partial charge on any atom is -0.493 e. The summed E-state index contributed by atoms with van der Waals surface area (Å²) in [5.41, 5.74) is 6.57. The first-order chi connectivity index (χ1) is 8.70. The number of imidazole rings is 1. The van der Waals surface area contributed by atoms with Gasteiger partial charge in [0, 0.05) is 43.0 Å². The van der Waals surface area contributed by atoms with Crippen LogP contribution in [0.3, 0.4) is 0 Å². The van der Waals surface area contributed by atoms with Gasteiger partial charge in [-0.25, -0.2) is 4.98 Å². The van der Waals surface area contributed by atoms with Crippen molar-refractivity contribution in [2.75, 3.05) is 6.61 Å². The number of halogens is 1. The third-order valence-corrected chi connectivity index (χ3v) is 2.98. The number of nitrogens with zero attached hydrogens (tertiary/aromatic N) is 2. The molecule has 0 fully saturated rings. The van der Waals surface area contributed by atoms with Crippen molar-refractivity contribution in [2.24, 2.45) is 12.8 Å². The van der Waals surface area contributed by atoms with E-state index in [1.165, 1.54) is 0 Å². The number of aromatic nitrogens is 2. The summed E-state index contributed by atoms with van der Waals surface area (Å²) in [4.78, 5) is 4.24. The summed E-state index contributed by atoms with van der Waals surface area (Å²) in [5.74, 6) is 1.79. The zero-order valence-electron chi connectivity index (χ0n) is 10.3. The maximum absolute atomic E-state index is 5.91. The van der Waals surface area contributed by atoms with Crippen molar-refractivity contribution < 1.29 is 4.74 Å². The predicted octanol–water partition coefficient (Wildman–Crippen LogP) is 2.15. The van der Waals surface area contributed by atoms with Crippen LogP contribution in [0.15, 0.2) is 30.6 Å². The van der Waals surface area contributed by atoms with Crippen molar-refractivity contribution >= 4 is 11.6 Å². The highest BCUT2D eigenvalue weighted by Crippen LogP contribution is 2.22. The summed E-state index contributed by atoms with van der Waals surface area (Å²) in [6.45, 7) is 0.984. The highest BCUT2D eigenvalue weighted by molar-refractivity contribution is 6.30. The van der Waals surface area contributed by atoms with Crippen LogP contribution in [0.4, 0.5) is 0 Å². The summed E-state index contributed by atoms with van der Waals surface area (Å²) < 4.78 is 7.70. The normalized spacial score (nSPS) is 10.6. The SMILES string of the molecule is Cn1ccnc1CCOc1ccc(Cl)cc1CN. The summed E-state index contributed by atoms with van der Waals surface area (Å²) in [6.07, 6.45) is 4.46. The molecule has 0 aliphatic rings. The van der Waals surface area contributed by atoms with Crippen molar-refractivity contribution in [2.45, 2.75) is 13.0 Å². The molecule has 0 saturated heterocycles. The Morgan fingerprint density at radius 2 is 2.28 bits per heavy atom. The zero-order chi connectivity index (χ0) is 13.0. The molecule has 0 spiro atoms. The Hall–Kier alpha value is -1.52. The minimum atomic E-state index is 0.415. The predicted molar refractivity (Wildman–Crippen MR) is 71.8 cm³/mol. The van der Waals surface area contributed by atoms with Gasteiger partial charge in [0.15, 0.2) is 0 Å². The van der Waals surface area contributed by atoms with Crippen LogP contribution in [0.1, 0.15) is 11.4 Å². The van der Waals surface area contributed by atoms with Crippen molar-refractivity contribution in [1.29, 1.82) is 0 Å². The molecule has 0 aliphatic heterocycles. The summed E-state index contributed by atoms with van der Waals surface area (Å²) in [7, 11) is 1.97. The first kappa shape index (κ1) is 12.9. The van der Waals surface area contributed by atoms with Crippen molar-refractivity contribution in [3.8, 4) is 5.75 Å². The number of benzene rings is 1. The van der Waals surface area contributed by atoms with Gasteiger partial charge in [-0.05, 0) is 18.2 Å². The van der Waals surface area contributed by atoms with E-state index in [-0.39, 0.29) is 0 Å². The van der Waals surface area contributed by atoms with E-state index < -0.39 is 0 Å². The number of ether oxygens (including phenoxy) is 1. The molecule has 2 aromatic rings. The molecule has 1 aromatic heterocycles. The summed E-state index contributed by atoms with van der Waals surface area (Å²) in [5, 5.41) is 0.673. The number of rotatable bonds is 5. The van der Waals surface area contributed by atoms with Gasteiger partial charge in [-0.3, -0.25) is 0 Å². The van der Waals surface area contributed by atoms with Gasteiger partial charge in [-0.15, -0.1) is 0 Å². The van der Waals surface area contributed by atoms with Crippen LogP contribution in [0.2, 0.25) is 5.02 Å². The smallest absolute Gasteiger partial charge is 0.123 e. The van der Waals surface area contributed by atoms with E-state index in [9.17, 15) is 0 Å². The van der Waals surface area contributed by atoms with E-state index in [0.29, 0.717) is 18.2 Å². The van der Waals surface area contributed by atoms with Crippen molar-refractivity contribution in [3.63, 3.8) is 0 Å². The van der Waals surface area contributed by atoms with Gasteiger partial charge in [-0.1, -0.05) is 11.6 Å². The average Bonchev–Trinajstić information content (AvgIpc) is 2.77. The standard InChI is InChI=1S/C13H16ClN3O/c1-17-6-5-16-13(17)4-7-18-12-3-2-11(14)8-10(12)9-15/h2-3,5-6,8H,4,7,9,15H2,1H3. The van der Waals surface area contributed by atoms with Gasteiger partial charge < -0.3 is 15.0 Å². The highest BCUT2D eigenvalue weighted by Gasteiger charge is 2.04. The molecule has 0 saturated carbocycles. The molecule has 0 atom stereocenters. The van der Waals surface area contributed by atoms with E-state index >= 15 is 0 Å². The molecule has 4 nitrogen and oxygen atoms in total. The van der Waals surface area contributed by atoms with Gasteiger partial charge in [0.1, 0.15) is 11.6 Å². The third kappa shape index (κ3) is 3.03. The number of nitrogens with two attached hydrogens (primary N) is 1. The second kappa shape index (κ2) is 5.89. The lowest BCUT2D eigenvalue weighted by Crippen LogP contribution is -2.08. The monoisotopic (exact) mass is 265 g/mol. The van der Waals surface area contributed by atoms with E-state index in [0.717, 1.165) is 23.6 Å². The first-order valence-corrected chi connectivity index (χ1v) is 6.16. The Bertz CT molecular complexity index is 525. The molecule has 0 unspecified atom stereocenters. The van der Waals surface area contributed by atoms with Crippen LogP contribution in [0.25, 0.3) is 0 Å². The van der Waals surface area contributed by atoms with Crippen LogP contribution in [-0.4, -0.2) is 16.2 Å². The average molecular weight is 266 g/mol. The lowest BCUT2D eigenvalue weighted by molar-refractivity contribution is 0.314. The fraction of sp³-hybridized carbons (Fsp3) is 0.308.